The van der Waals surface area contributed by atoms with E-state index in [9.17, 15) is 4.79 Å². The van der Waals surface area contributed by atoms with Crippen molar-refractivity contribution in [2.45, 2.75) is 13.5 Å². The summed E-state index contributed by atoms with van der Waals surface area (Å²) in [7, 11) is 0. The first-order chi connectivity index (χ1) is 12.2. The van der Waals surface area contributed by atoms with Gasteiger partial charge in [-0.05, 0) is 30.5 Å². The molecule has 7 nitrogen and oxygen atoms in total. The van der Waals surface area contributed by atoms with E-state index in [1.54, 1.807) is 17.4 Å². The van der Waals surface area contributed by atoms with E-state index in [1.807, 2.05) is 35.4 Å². The highest BCUT2D eigenvalue weighted by Crippen LogP contribution is 2.22. The van der Waals surface area contributed by atoms with Crippen molar-refractivity contribution in [2.75, 3.05) is 26.2 Å². The van der Waals surface area contributed by atoms with Crippen molar-refractivity contribution in [2.24, 2.45) is 0 Å². The highest BCUT2D eigenvalue weighted by molar-refractivity contribution is 7.13. The smallest absolute Gasteiger partial charge is 0.289 e. The second kappa shape index (κ2) is 6.81. The van der Waals surface area contributed by atoms with Gasteiger partial charge in [0.1, 0.15) is 5.76 Å². The zero-order valence-corrected chi connectivity index (χ0v) is 14.7. The van der Waals surface area contributed by atoms with Gasteiger partial charge in [0, 0.05) is 26.2 Å². The van der Waals surface area contributed by atoms with E-state index >= 15 is 0 Å². The first-order valence-corrected chi connectivity index (χ1v) is 9.01. The molecule has 1 aliphatic heterocycles. The molecule has 4 rings (SSSR count). The number of thiophene rings is 1. The molecule has 0 radical (unpaired) electrons. The van der Waals surface area contributed by atoms with E-state index in [4.69, 9.17) is 8.94 Å². The second-order valence-corrected chi connectivity index (χ2v) is 6.92. The topological polar surface area (TPSA) is 75.6 Å². The summed E-state index contributed by atoms with van der Waals surface area (Å²) in [6.45, 7) is 5.28. The molecule has 0 bridgehead atoms. The fourth-order valence-corrected chi connectivity index (χ4v) is 3.48. The summed E-state index contributed by atoms with van der Waals surface area (Å²) in [5.41, 5.74) is 0. The molecule has 1 aliphatic rings. The third-order valence-electron chi connectivity index (χ3n) is 4.18. The second-order valence-electron chi connectivity index (χ2n) is 5.97. The van der Waals surface area contributed by atoms with Gasteiger partial charge in [-0.1, -0.05) is 11.2 Å². The maximum atomic E-state index is 12.4. The quantitative estimate of drug-likeness (QED) is 0.714. The third-order valence-corrected chi connectivity index (χ3v) is 5.04. The maximum Gasteiger partial charge on any atom is 0.289 e. The Morgan fingerprint density at radius 2 is 2.08 bits per heavy atom. The van der Waals surface area contributed by atoms with Crippen molar-refractivity contribution in [1.29, 1.82) is 0 Å². The number of furan rings is 1. The number of nitrogens with zero attached hydrogens (tertiary/aromatic N) is 4. The Balaban J connectivity index is 1.32. The van der Waals surface area contributed by atoms with Crippen molar-refractivity contribution in [3.8, 4) is 10.7 Å². The summed E-state index contributed by atoms with van der Waals surface area (Å²) in [4.78, 5) is 21.9. The molecule has 0 N–H and O–H groups in total. The van der Waals surface area contributed by atoms with Crippen LogP contribution in [0, 0.1) is 6.92 Å². The Kier molecular flexibility index (Phi) is 4.37. The highest BCUT2D eigenvalue weighted by Gasteiger charge is 2.25. The van der Waals surface area contributed by atoms with E-state index in [-0.39, 0.29) is 5.91 Å². The average molecular weight is 358 g/mol. The van der Waals surface area contributed by atoms with Gasteiger partial charge in [0.05, 0.1) is 11.4 Å². The number of aryl methyl sites for hydroxylation is 1. The van der Waals surface area contributed by atoms with Crippen LogP contribution < -0.4 is 0 Å². The molecule has 1 fully saturated rings. The molecule has 130 valence electrons. The van der Waals surface area contributed by atoms with E-state index in [0.29, 0.717) is 37.1 Å². The molecule has 1 amide bonds. The molecule has 4 heterocycles. The Bertz CT molecular complexity index is 847. The lowest BCUT2D eigenvalue weighted by atomic mass is 10.3. The number of rotatable bonds is 4. The summed E-state index contributed by atoms with van der Waals surface area (Å²) >= 11 is 1.59. The van der Waals surface area contributed by atoms with Gasteiger partial charge in [-0.3, -0.25) is 9.69 Å². The molecule has 0 aromatic carbocycles. The van der Waals surface area contributed by atoms with E-state index in [1.165, 1.54) is 0 Å². The zero-order chi connectivity index (χ0) is 17.2. The molecular weight excluding hydrogens is 340 g/mol. The summed E-state index contributed by atoms with van der Waals surface area (Å²) in [5, 5.41) is 6.02. The van der Waals surface area contributed by atoms with Crippen LogP contribution in [0.2, 0.25) is 0 Å². The standard InChI is InChI=1S/C17H18N4O3S/c1-12-4-5-13(23-12)17(22)21-8-6-20(7-9-21)11-15-18-16(19-24-15)14-3-2-10-25-14/h2-5,10H,6-9,11H2,1H3. The van der Waals surface area contributed by atoms with Gasteiger partial charge in [-0.2, -0.15) is 4.98 Å². The molecule has 1 saturated heterocycles. The van der Waals surface area contributed by atoms with Crippen LogP contribution >= 0.6 is 11.3 Å². The molecule has 25 heavy (non-hydrogen) atoms. The Morgan fingerprint density at radius 3 is 2.76 bits per heavy atom. The van der Waals surface area contributed by atoms with Gasteiger partial charge in [0.15, 0.2) is 5.76 Å². The minimum absolute atomic E-state index is 0.0504. The largest absolute Gasteiger partial charge is 0.456 e. The van der Waals surface area contributed by atoms with Gasteiger partial charge in [-0.15, -0.1) is 11.3 Å². The number of carbonyl (C=O) groups is 1. The van der Waals surface area contributed by atoms with Crippen molar-refractivity contribution in [3.63, 3.8) is 0 Å². The highest BCUT2D eigenvalue weighted by atomic mass is 32.1. The van der Waals surface area contributed by atoms with Gasteiger partial charge in [0.2, 0.25) is 11.7 Å². The Labute approximate surface area is 148 Å². The maximum absolute atomic E-state index is 12.4. The van der Waals surface area contributed by atoms with Crippen LogP contribution in [0.1, 0.15) is 22.2 Å². The van der Waals surface area contributed by atoms with Crippen LogP contribution in [0.15, 0.2) is 38.6 Å². The Morgan fingerprint density at radius 1 is 1.24 bits per heavy atom. The first-order valence-electron chi connectivity index (χ1n) is 8.13. The van der Waals surface area contributed by atoms with E-state index < -0.39 is 0 Å². The van der Waals surface area contributed by atoms with Crippen LogP contribution in [-0.2, 0) is 6.54 Å². The number of aromatic nitrogens is 2. The minimum Gasteiger partial charge on any atom is -0.456 e. The molecule has 0 unspecified atom stereocenters. The van der Waals surface area contributed by atoms with Crippen LogP contribution in [0.4, 0.5) is 0 Å². The van der Waals surface area contributed by atoms with Crippen LogP contribution in [0.3, 0.4) is 0 Å². The fourth-order valence-electron chi connectivity index (χ4n) is 2.83. The number of hydrogen-bond acceptors (Lipinski definition) is 7. The van der Waals surface area contributed by atoms with E-state index in [2.05, 4.69) is 15.0 Å². The summed E-state index contributed by atoms with van der Waals surface area (Å²) in [6.07, 6.45) is 0. The van der Waals surface area contributed by atoms with Crippen molar-refractivity contribution in [1.82, 2.24) is 19.9 Å². The molecule has 3 aromatic heterocycles. The normalized spacial score (nSPS) is 15.6. The van der Waals surface area contributed by atoms with Crippen molar-refractivity contribution in [3.05, 3.63) is 47.1 Å². The molecule has 3 aromatic rings. The number of carbonyl (C=O) groups excluding carboxylic acids is 1. The fraction of sp³-hybridized carbons (Fsp3) is 0.353. The molecular formula is C17H18N4O3S. The monoisotopic (exact) mass is 358 g/mol. The van der Waals surface area contributed by atoms with Crippen LogP contribution in [-0.4, -0.2) is 52.0 Å². The summed E-state index contributed by atoms with van der Waals surface area (Å²) in [6, 6.07) is 7.48. The van der Waals surface area contributed by atoms with Crippen LogP contribution in [0.5, 0.6) is 0 Å². The summed E-state index contributed by atoms with van der Waals surface area (Å²) < 4.78 is 10.8. The SMILES string of the molecule is Cc1ccc(C(=O)N2CCN(Cc3nc(-c4cccs4)no3)CC2)o1. The predicted octanol–water partition coefficient (Wildman–Crippen LogP) is 2.66. The Hall–Kier alpha value is -2.45. The van der Waals surface area contributed by atoms with Gasteiger partial charge >= 0.3 is 0 Å². The van der Waals surface area contributed by atoms with Crippen LogP contribution in [0.25, 0.3) is 10.7 Å². The zero-order valence-electron chi connectivity index (χ0n) is 13.8. The first kappa shape index (κ1) is 16.0. The number of piperazine rings is 1. The third kappa shape index (κ3) is 3.49. The number of hydrogen-bond donors (Lipinski definition) is 0. The summed E-state index contributed by atoms with van der Waals surface area (Å²) in [5.74, 6) is 2.34. The number of amides is 1. The van der Waals surface area contributed by atoms with E-state index in [0.717, 1.165) is 23.7 Å². The molecule has 0 atom stereocenters. The van der Waals surface area contributed by atoms with Gasteiger partial charge in [-0.25, -0.2) is 0 Å². The van der Waals surface area contributed by atoms with Gasteiger partial charge in [0.25, 0.3) is 5.91 Å². The molecule has 0 saturated carbocycles. The minimum atomic E-state index is -0.0504. The molecule has 8 heteroatoms. The molecule has 0 spiro atoms. The predicted molar refractivity (Wildman–Crippen MR) is 92.2 cm³/mol. The lowest BCUT2D eigenvalue weighted by molar-refractivity contribution is 0.0583. The lowest BCUT2D eigenvalue weighted by Gasteiger charge is -2.33. The average Bonchev–Trinajstić information content (AvgIpc) is 3.36. The molecule has 0 aliphatic carbocycles. The van der Waals surface area contributed by atoms with Crippen molar-refractivity contribution >= 4 is 17.2 Å². The van der Waals surface area contributed by atoms with Crippen molar-refractivity contribution < 1.29 is 13.7 Å². The lowest BCUT2D eigenvalue weighted by Crippen LogP contribution is -2.48. The van der Waals surface area contributed by atoms with Gasteiger partial charge < -0.3 is 13.8 Å².